The molecule has 1 fully saturated rings. The molecular weight excluding hydrogens is 254 g/mol. The summed E-state index contributed by atoms with van der Waals surface area (Å²) in [5, 5.41) is 14.3. The fraction of sp³-hybridized carbons (Fsp3) is 0.375. The van der Waals surface area contributed by atoms with Gasteiger partial charge in [-0.1, -0.05) is 18.2 Å². The standard InChI is InChI=1S/C16H19NOS/c1-12(18)15-4-2-3-5-16(15)17(14-6-7-14)10-13-8-9-19-11-13/h2-5,8-9,11-12,14,18H,6-7,10H2,1H3/t12-/m1/s1. The summed E-state index contributed by atoms with van der Waals surface area (Å²) in [4.78, 5) is 2.45. The van der Waals surface area contributed by atoms with Crippen molar-refractivity contribution in [3.8, 4) is 0 Å². The zero-order valence-electron chi connectivity index (χ0n) is 11.1. The van der Waals surface area contributed by atoms with Crippen molar-refractivity contribution < 1.29 is 5.11 Å². The molecule has 3 rings (SSSR count). The molecule has 0 amide bonds. The molecule has 0 bridgehead atoms. The quantitative estimate of drug-likeness (QED) is 0.891. The molecule has 3 heteroatoms. The van der Waals surface area contributed by atoms with Crippen LogP contribution in [0.2, 0.25) is 0 Å². The molecule has 2 aromatic rings. The van der Waals surface area contributed by atoms with E-state index in [1.165, 1.54) is 24.1 Å². The van der Waals surface area contributed by atoms with Crippen LogP contribution >= 0.6 is 11.3 Å². The van der Waals surface area contributed by atoms with Crippen molar-refractivity contribution in [1.82, 2.24) is 0 Å². The van der Waals surface area contributed by atoms with Gasteiger partial charge in [-0.05, 0) is 48.2 Å². The van der Waals surface area contributed by atoms with Crippen LogP contribution in [-0.4, -0.2) is 11.1 Å². The lowest BCUT2D eigenvalue weighted by Gasteiger charge is -2.27. The van der Waals surface area contributed by atoms with Crippen LogP contribution in [0.4, 0.5) is 5.69 Å². The van der Waals surface area contributed by atoms with Gasteiger partial charge in [-0.25, -0.2) is 0 Å². The number of nitrogens with zero attached hydrogens (tertiary/aromatic N) is 1. The van der Waals surface area contributed by atoms with Gasteiger partial charge in [0.1, 0.15) is 0 Å². The summed E-state index contributed by atoms with van der Waals surface area (Å²) in [6, 6.07) is 11.0. The Bertz CT molecular complexity index is 531. The summed E-state index contributed by atoms with van der Waals surface area (Å²) >= 11 is 1.74. The fourth-order valence-electron chi connectivity index (χ4n) is 2.48. The Kier molecular flexibility index (Phi) is 3.58. The molecule has 19 heavy (non-hydrogen) atoms. The Morgan fingerprint density at radius 2 is 2.11 bits per heavy atom. The average molecular weight is 273 g/mol. The Labute approximate surface area is 118 Å². The number of rotatable bonds is 5. The minimum atomic E-state index is -0.417. The summed E-state index contributed by atoms with van der Waals surface area (Å²) < 4.78 is 0. The van der Waals surface area contributed by atoms with Gasteiger partial charge in [0.2, 0.25) is 0 Å². The normalized spacial score (nSPS) is 16.3. The van der Waals surface area contributed by atoms with Crippen LogP contribution in [0.5, 0.6) is 0 Å². The summed E-state index contributed by atoms with van der Waals surface area (Å²) in [6.07, 6.45) is 2.11. The number of hydrogen-bond donors (Lipinski definition) is 1. The molecule has 1 atom stereocenters. The highest BCUT2D eigenvalue weighted by Gasteiger charge is 2.30. The zero-order valence-corrected chi connectivity index (χ0v) is 11.9. The SMILES string of the molecule is C[C@@H](O)c1ccccc1N(Cc1ccsc1)C1CC1. The molecule has 1 aromatic carbocycles. The third-order valence-electron chi connectivity index (χ3n) is 3.62. The maximum absolute atomic E-state index is 9.96. The van der Waals surface area contributed by atoms with Crippen LogP contribution in [0.25, 0.3) is 0 Å². The fourth-order valence-corrected chi connectivity index (χ4v) is 3.14. The van der Waals surface area contributed by atoms with Crippen LogP contribution < -0.4 is 4.90 Å². The highest BCUT2D eigenvalue weighted by Crippen LogP contribution is 2.36. The van der Waals surface area contributed by atoms with Gasteiger partial charge in [-0.2, -0.15) is 11.3 Å². The molecule has 2 nitrogen and oxygen atoms in total. The van der Waals surface area contributed by atoms with Gasteiger partial charge in [0.15, 0.2) is 0 Å². The maximum Gasteiger partial charge on any atom is 0.0781 e. The maximum atomic E-state index is 9.96. The lowest BCUT2D eigenvalue weighted by atomic mass is 10.1. The second kappa shape index (κ2) is 5.35. The van der Waals surface area contributed by atoms with Gasteiger partial charge >= 0.3 is 0 Å². The smallest absolute Gasteiger partial charge is 0.0781 e. The molecule has 1 aromatic heterocycles. The van der Waals surface area contributed by atoms with Gasteiger partial charge in [-0.15, -0.1) is 0 Å². The monoisotopic (exact) mass is 273 g/mol. The molecule has 0 unspecified atom stereocenters. The Morgan fingerprint density at radius 3 is 2.74 bits per heavy atom. The average Bonchev–Trinajstić information content (AvgIpc) is 3.13. The van der Waals surface area contributed by atoms with E-state index in [0.29, 0.717) is 6.04 Å². The molecule has 1 aliphatic carbocycles. The van der Waals surface area contributed by atoms with E-state index in [9.17, 15) is 5.11 Å². The van der Waals surface area contributed by atoms with Crippen LogP contribution in [0, 0.1) is 0 Å². The van der Waals surface area contributed by atoms with Crippen LogP contribution in [-0.2, 0) is 6.54 Å². The largest absolute Gasteiger partial charge is 0.389 e. The highest BCUT2D eigenvalue weighted by molar-refractivity contribution is 7.07. The van der Waals surface area contributed by atoms with E-state index in [0.717, 1.165) is 12.1 Å². The van der Waals surface area contributed by atoms with Gasteiger partial charge in [0.25, 0.3) is 0 Å². The predicted molar refractivity (Wildman–Crippen MR) is 80.6 cm³/mol. The first-order chi connectivity index (χ1) is 9.25. The van der Waals surface area contributed by atoms with Crippen molar-refractivity contribution in [2.24, 2.45) is 0 Å². The first-order valence-electron chi connectivity index (χ1n) is 6.80. The lowest BCUT2D eigenvalue weighted by Crippen LogP contribution is -2.26. The first kappa shape index (κ1) is 12.7. The van der Waals surface area contributed by atoms with E-state index in [1.54, 1.807) is 11.3 Å². The topological polar surface area (TPSA) is 23.5 Å². The molecule has 0 radical (unpaired) electrons. The second-order valence-corrected chi connectivity index (χ2v) is 6.01. The summed E-state index contributed by atoms with van der Waals surface area (Å²) in [7, 11) is 0. The third kappa shape index (κ3) is 2.82. The third-order valence-corrected chi connectivity index (χ3v) is 4.35. The lowest BCUT2D eigenvalue weighted by molar-refractivity contribution is 0.199. The van der Waals surface area contributed by atoms with E-state index < -0.39 is 6.10 Å². The van der Waals surface area contributed by atoms with Crippen molar-refractivity contribution in [1.29, 1.82) is 0 Å². The minimum Gasteiger partial charge on any atom is -0.389 e. The van der Waals surface area contributed by atoms with Gasteiger partial charge in [0.05, 0.1) is 6.10 Å². The number of aliphatic hydroxyl groups is 1. The van der Waals surface area contributed by atoms with Gasteiger partial charge in [-0.3, -0.25) is 0 Å². The number of benzene rings is 1. The molecule has 100 valence electrons. The molecule has 0 spiro atoms. The Balaban J connectivity index is 1.92. The van der Waals surface area contributed by atoms with Crippen molar-refractivity contribution in [2.75, 3.05) is 4.90 Å². The summed E-state index contributed by atoms with van der Waals surface area (Å²) in [5.41, 5.74) is 3.58. The molecule has 0 saturated heterocycles. The van der Waals surface area contributed by atoms with Crippen LogP contribution in [0.15, 0.2) is 41.1 Å². The predicted octanol–water partition coefficient (Wildman–Crippen LogP) is 3.97. The van der Waals surface area contributed by atoms with Crippen molar-refractivity contribution in [3.63, 3.8) is 0 Å². The van der Waals surface area contributed by atoms with E-state index in [2.05, 4.69) is 33.9 Å². The van der Waals surface area contributed by atoms with Gasteiger partial charge in [0, 0.05) is 23.8 Å². The van der Waals surface area contributed by atoms with E-state index in [-0.39, 0.29) is 0 Å². The highest BCUT2D eigenvalue weighted by atomic mass is 32.1. The Morgan fingerprint density at radius 1 is 1.32 bits per heavy atom. The van der Waals surface area contributed by atoms with Crippen LogP contribution in [0.1, 0.15) is 37.0 Å². The number of para-hydroxylation sites is 1. The minimum absolute atomic E-state index is 0.417. The molecule has 0 aliphatic heterocycles. The first-order valence-corrected chi connectivity index (χ1v) is 7.74. The van der Waals surface area contributed by atoms with E-state index in [4.69, 9.17) is 0 Å². The number of hydrogen-bond acceptors (Lipinski definition) is 3. The van der Waals surface area contributed by atoms with Gasteiger partial charge < -0.3 is 10.0 Å². The molecule has 1 N–H and O–H groups in total. The number of thiophene rings is 1. The van der Waals surface area contributed by atoms with Crippen molar-refractivity contribution in [2.45, 2.75) is 38.5 Å². The van der Waals surface area contributed by atoms with Crippen molar-refractivity contribution >= 4 is 17.0 Å². The van der Waals surface area contributed by atoms with Crippen LogP contribution in [0.3, 0.4) is 0 Å². The summed E-state index contributed by atoms with van der Waals surface area (Å²) in [6.45, 7) is 2.78. The number of anilines is 1. The second-order valence-electron chi connectivity index (χ2n) is 5.23. The Hall–Kier alpha value is -1.32. The summed E-state index contributed by atoms with van der Waals surface area (Å²) in [5.74, 6) is 0. The van der Waals surface area contributed by atoms with E-state index >= 15 is 0 Å². The zero-order chi connectivity index (χ0) is 13.2. The molecule has 1 aliphatic rings. The van der Waals surface area contributed by atoms with E-state index in [1.807, 2.05) is 19.1 Å². The molecular formula is C16H19NOS. The van der Waals surface area contributed by atoms with Crippen molar-refractivity contribution in [3.05, 3.63) is 52.2 Å². The number of aliphatic hydroxyl groups excluding tert-OH is 1. The molecule has 1 saturated carbocycles. The molecule has 1 heterocycles.